The van der Waals surface area contributed by atoms with Crippen molar-refractivity contribution in [1.82, 2.24) is 20.1 Å². The van der Waals surface area contributed by atoms with Crippen LogP contribution in [0, 0.1) is 0 Å². The second-order valence-electron chi connectivity index (χ2n) is 8.74. The van der Waals surface area contributed by atoms with Gasteiger partial charge in [-0.25, -0.2) is 4.98 Å². The molecule has 0 aliphatic heterocycles. The lowest BCUT2D eigenvalue weighted by Gasteiger charge is -2.13. The summed E-state index contributed by atoms with van der Waals surface area (Å²) in [5.41, 5.74) is 3.30. The second kappa shape index (κ2) is 9.88. The Hall–Kier alpha value is -3.71. The number of aryl methyl sites for hydroxylation is 1. The number of fused-ring (bicyclic) bond motifs is 1. The van der Waals surface area contributed by atoms with Gasteiger partial charge < -0.3 is 10.6 Å². The molecule has 1 aliphatic rings. The molecule has 0 unspecified atom stereocenters. The van der Waals surface area contributed by atoms with Gasteiger partial charge in [0.1, 0.15) is 0 Å². The third-order valence-electron chi connectivity index (χ3n) is 6.34. The van der Waals surface area contributed by atoms with Gasteiger partial charge >= 0.3 is 0 Å². The summed E-state index contributed by atoms with van der Waals surface area (Å²) in [6.07, 6.45) is 5.87. The van der Waals surface area contributed by atoms with E-state index in [0.717, 1.165) is 36.6 Å². The number of nitrogens with one attached hydrogen (secondary N) is 2. The van der Waals surface area contributed by atoms with Crippen LogP contribution in [0.2, 0.25) is 5.02 Å². The van der Waals surface area contributed by atoms with Gasteiger partial charge in [-0.2, -0.15) is 5.10 Å². The number of hydrogen-bond acceptors (Lipinski definition) is 4. The molecule has 178 valence electrons. The first kappa shape index (κ1) is 23.1. The van der Waals surface area contributed by atoms with E-state index in [9.17, 15) is 9.59 Å². The lowest BCUT2D eigenvalue weighted by atomic mass is 10.0. The van der Waals surface area contributed by atoms with Crippen LogP contribution >= 0.6 is 11.6 Å². The van der Waals surface area contributed by atoms with E-state index < -0.39 is 0 Å². The van der Waals surface area contributed by atoms with Crippen molar-refractivity contribution < 1.29 is 9.59 Å². The van der Waals surface area contributed by atoms with Crippen LogP contribution in [-0.4, -0.2) is 32.6 Å². The Bertz CT molecular complexity index is 1390. The van der Waals surface area contributed by atoms with Crippen LogP contribution in [-0.2, 0) is 6.54 Å². The van der Waals surface area contributed by atoms with E-state index in [-0.39, 0.29) is 23.6 Å². The predicted molar refractivity (Wildman–Crippen MR) is 138 cm³/mol. The van der Waals surface area contributed by atoms with Gasteiger partial charge in [-0.1, -0.05) is 54.8 Å². The zero-order valence-corrected chi connectivity index (χ0v) is 20.2. The second-order valence-corrected chi connectivity index (χ2v) is 9.17. The molecule has 0 atom stereocenters. The van der Waals surface area contributed by atoms with Gasteiger partial charge in [0.25, 0.3) is 11.8 Å². The molecule has 0 saturated heterocycles. The lowest BCUT2D eigenvalue weighted by molar-refractivity contribution is 0.0933. The predicted octanol–water partition coefficient (Wildman–Crippen LogP) is 5.70. The minimum atomic E-state index is -0.329. The number of nitrogens with zero attached hydrogens (tertiary/aromatic N) is 3. The molecule has 2 N–H and O–H groups in total. The zero-order chi connectivity index (χ0) is 24.4. The molecule has 1 fully saturated rings. The van der Waals surface area contributed by atoms with Crippen LogP contribution in [0.25, 0.3) is 22.2 Å². The molecule has 0 radical (unpaired) electrons. The Kier molecular flexibility index (Phi) is 6.51. The van der Waals surface area contributed by atoms with Crippen LogP contribution in [0.3, 0.4) is 0 Å². The third kappa shape index (κ3) is 4.91. The SMILES string of the molecule is CCn1cc(NC(=O)c2cc(-c3ccc(Cl)cc3)nc3ccccc23)c(C(=O)NC2CCCC2)n1. The van der Waals surface area contributed by atoms with Gasteiger partial charge in [-0.15, -0.1) is 0 Å². The van der Waals surface area contributed by atoms with Crippen molar-refractivity contribution in [3.63, 3.8) is 0 Å². The van der Waals surface area contributed by atoms with E-state index in [1.54, 1.807) is 29.1 Å². The smallest absolute Gasteiger partial charge is 0.274 e. The van der Waals surface area contributed by atoms with Crippen molar-refractivity contribution in [2.45, 2.75) is 45.2 Å². The molecule has 7 nitrogen and oxygen atoms in total. The molecule has 35 heavy (non-hydrogen) atoms. The maximum absolute atomic E-state index is 13.6. The molecule has 0 bridgehead atoms. The highest BCUT2D eigenvalue weighted by atomic mass is 35.5. The highest BCUT2D eigenvalue weighted by Crippen LogP contribution is 2.27. The topological polar surface area (TPSA) is 88.9 Å². The van der Waals surface area contributed by atoms with E-state index in [1.807, 2.05) is 43.3 Å². The highest BCUT2D eigenvalue weighted by Gasteiger charge is 2.24. The van der Waals surface area contributed by atoms with Crippen molar-refractivity contribution in [3.05, 3.63) is 77.1 Å². The Morgan fingerprint density at radius 2 is 1.80 bits per heavy atom. The van der Waals surface area contributed by atoms with E-state index >= 15 is 0 Å². The Labute approximate surface area is 208 Å². The number of benzene rings is 2. The summed E-state index contributed by atoms with van der Waals surface area (Å²) in [7, 11) is 0. The Balaban J connectivity index is 1.49. The highest BCUT2D eigenvalue weighted by molar-refractivity contribution is 6.30. The molecular formula is C27H26ClN5O2. The fourth-order valence-electron chi connectivity index (χ4n) is 4.49. The van der Waals surface area contributed by atoms with Crippen LogP contribution in [0.1, 0.15) is 53.5 Å². The number of carbonyl (C=O) groups is 2. The average molecular weight is 488 g/mol. The van der Waals surface area contributed by atoms with Crippen LogP contribution in [0.5, 0.6) is 0 Å². The average Bonchev–Trinajstić information content (AvgIpc) is 3.53. The lowest BCUT2D eigenvalue weighted by Crippen LogP contribution is -2.33. The molecular weight excluding hydrogens is 462 g/mol. The number of rotatable bonds is 6. The summed E-state index contributed by atoms with van der Waals surface area (Å²) in [5.74, 6) is -0.592. The van der Waals surface area contributed by atoms with Crippen LogP contribution in [0.4, 0.5) is 5.69 Å². The van der Waals surface area contributed by atoms with Gasteiger partial charge in [-0.3, -0.25) is 14.3 Å². The normalized spacial score (nSPS) is 13.8. The standard InChI is InChI=1S/C27H26ClN5O2/c1-2-33-16-24(25(32-33)27(35)29-19-7-3-4-8-19)31-26(34)21-15-23(17-11-13-18(28)14-12-17)30-22-10-6-5-9-20(21)22/h5-6,9-16,19H,2-4,7-8H2,1H3,(H,29,35)(H,31,34). The Morgan fingerprint density at radius 1 is 1.06 bits per heavy atom. The first-order valence-electron chi connectivity index (χ1n) is 11.9. The molecule has 8 heteroatoms. The summed E-state index contributed by atoms with van der Waals surface area (Å²) >= 11 is 6.05. The fraction of sp³-hybridized carbons (Fsp3) is 0.259. The number of aromatic nitrogens is 3. The summed E-state index contributed by atoms with van der Waals surface area (Å²) in [5, 5.41) is 11.8. The zero-order valence-electron chi connectivity index (χ0n) is 19.4. The molecule has 1 aliphatic carbocycles. The molecule has 5 rings (SSSR count). The molecule has 2 aromatic heterocycles. The largest absolute Gasteiger partial charge is 0.348 e. The van der Waals surface area contributed by atoms with E-state index in [1.165, 1.54) is 0 Å². The van der Waals surface area contributed by atoms with E-state index in [2.05, 4.69) is 15.7 Å². The van der Waals surface area contributed by atoms with Crippen molar-refractivity contribution in [1.29, 1.82) is 0 Å². The number of pyridine rings is 1. The number of carbonyl (C=O) groups excluding carboxylic acids is 2. The van der Waals surface area contributed by atoms with Crippen LogP contribution in [0.15, 0.2) is 60.8 Å². The Morgan fingerprint density at radius 3 is 2.54 bits per heavy atom. The van der Waals surface area contributed by atoms with Gasteiger partial charge in [0.2, 0.25) is 0 Å². The molecule has 2 amide bonds. The minimum Gasteiger partial charge on any atom is -0.348 e. The first-order valence-corrected chi connectivity index (χ1v) is 12.2. The molecule has 2 aromatic carbocycles. The summed E-state index contributed by atoms with van der Waals surface area (Å²) < 4.78 is 1.66. The molecule has 2 heterocycles. The third-order valence-corrected chi connectivity index (χ3v) is 6.59. The number of halogens is 1. The van der Waals surface area contributed by atoms with Gasteiger partial charge in [-0.05, 0) is 44.0 Å². The maximum atomic E-state index is 13.6. The molecule has 4 aromatic rings. The first-order chi connectivity index (χ1) is 17.0. The number of anilines is 1. The van der Waals surface area contributed by atoms with Gasteiger partial charge in [0.15, 0.2) is 5.69 Å². The van der Waals surface area contributed by atoms with Crippen molar-refractivity contribution in [3.8, 4) is 11.3 Å². The monoisotopic (exact) mass is 487 g/mol. The summed E-state index contributed by atoms with van der Waals surface area (Å²) in [4.78, 5) is 31.3. The maximum Gasteiger partial charge on any atom is 0.274 e. The quantitative estimate of drug-likeness (QED) is 0.365. The van der Waals surface area contributed by atoms with Gasteiger partial charge in [0, 0.05) is 34.8 Å². The van der Waals surface area contributed by atoms with Gasteiger partial charge in [0.05, 0.1) is 22.5 Å². The summed E-state index contributed by atoms with van der Waals surface area (Å²) in [6.45, 7) is 2.52. The van der Waals surface area contributed by atoms with E-state index in [4.69, 9.17) is 16.6 Å². The van der Waals surface area contributed by atoms with Crippen LogP contribution < -0.4 is 10.6 Å². The minimum absolute atomic E-state index is 0.156. The number of para-hydroxylation sites is 1. The molecule has 1 saturated carbocycles. The summed E-state index contributed by atoms with van der Waals surface area (Å²) in [6, 6.07) is 16.8. The molecule has 0 spiro atoms. The van der Waals surface area contributed by atoms with Crippen molar-refractivity contribution in [2.75, 3.05) is 5.32 Å². The van der Waals surface area contributed by atoms with Crippen molar-refractivity contribution >= 4 is 40.0 Å². The van der Waals surface area contributed by atoms with E-state index in [0.29, 0.717) is 34.0 Å². The number of amides is 2. The number of hydrogen-bond donors (Lipinski definition) is 2. The van der Waals surface area contributed by atoms with Crippen molar-refractivity contribution in [2.24, 2.45) is 0 Å². The fourth-order valence-corrected chi connectivity index (χ4v) is 4.61.